The standard InChI is InChI=1S/C8H16F3N3OS/c1-2-6(5-7(12)14-15)13-3-4-16-8(9,10)11/h6,13,15H,2-5H2,1H3,(H2,12,14). The monoisotopic (exact) mass is 259 g/mol. The summed E-state index contributed by atoms with van der Waals surface area (Å²) in [7, 11) is 0. The van der Waals surface area contributed by atoms with E-state index in [9.17, 15) is 13.2 Å². The summed E-state index contributed by atoms with van der Waals surface area (Å²) in [6.07, 6.45) is 1.02. The van der Waals surface area contributed by atoms with Gasteiger partial charge in [0.05, 0.1) is 0 Å². The molecule has 0 rings (SSSR count). The molecule has 0 radical (unpaired) electrons. The van der Waals surface area contributed by atoms with Gasteiger partial charge in [0.15, 0.2) is 0 Å². The normalized spacial score (nSPS) is 15.1. The van der Waals surface area contributed by atoms with E-state index in [0.29, 0.717) is 12.8 Å². The van der Waals surface area contributed by atoms with Gasteiger partial charge in [0.1, 0.15) is 5.84 Å². The van der Waals surface area contributed by atoms with Gasteiger partial charge >= 0.3 is 5.51 Å². The van der Waals surface area contributed by atoms with Gasteiger partial charge in [-0.1, -0.05) is 12.1 Å². The van der Waals surface area contributed by atoms with E-state index >= 15 is 0 Å². The molecule has 1 atom stereocenters. The lowest BCUT2D eigenvalue weighted by Gasteiger charge is -2.16. The van der Waals surface area contributed by atoms with E-state index < -0.39 is 5.51 Å². The van der Waals surface area contributed by atoms with E-state index in [1.165, 1.54) is 0 Å². The van der Waals surface area contributed by atoms with Crippen molar-refractivity contribution in [3.63, 3.8) is 0 Å². The number of nitrogens with two attached hydrogens (primary N) is 1. The second kappa shape index (κ2) is 7.61. The lowest BCUT2D eigenvalue weighted by Crippen LogP contribution is -2.34. The summed E-state index contributed by atoms with van der Waals surface area (Å²) in [6, 6.07) is -0.0651. The zero-order chi connectivity index (χ0) is 12.6. The van der Waals surface area contributed by atoms with Crippen molar-refractivity contribution in [2.45, 2.75) is 31.3 Å². The number of oxime groups is 1. The van der Waals surface area contributed by atoms with Gasteiger partial charge in [0.25, 0.3) is 0 Å². The van der Waals surface area contributed by atoms with Gasteiger partial charge in [-0.15, -0.1) is 0 Å². The van der Waals surface area contributed by atoms with Crippen LogP contribution in [-0.2, 0) is 0 Å². The molecule has 96 valence electrons. The predicted octanol–water partition coefficient (Wildman–Crippen LogP) is 1.74. The third-order valence-corrected chi connectivity index (χ3v) is 2.61. The highest BCUT2D eigenvalue weighted by molar-refractivity contribution is 8.00. The van der Waals surface area contributed by atoms with Crippen LogP contribution in [0.2, 0.25) is 0 Å². The highest BCUT2D eigenvalue weighted by Crippen LogP contribution is 2.29. The van der Waals surface area contributed by atoms with Gasteiger partial charge in [0, 0.05) is 24.8 Å². The first kappa shape index (κ1) is 15.4. The molecule has 0 saturated heterocycles. The number of hydrogen-bond acceptors (Lipinski definition) is 4. The molecule has 0 amide bonds. The molecule has 0 aliphatic carbocycles. The molecule has 0 aliphatic rings. The van der Waals surface area contributed by atoms with Crippen molar-refractivity contribution in [1.29, 1.82) is 0 Å². The van der Waals surface area contributed by atoms with Crippen molar-refractivity contribution >= 4 is 17.6 Å². The fourth-order valence-corrected chi connectivity index (χ4v) is 1.54. The summed E-state index contributed by atoms with van der Waals surface area (Å²) < 4.78 is 35.4. The summed E-state index contributed by atoms with van der Waals surface area (Å²) in [5, 5.41) is 14.1. The lowest BCUT2D eigenvalue weighted by atomic mass is 10.1. The predicted molar refractivity (Wildman–Crippen MR) is 58.6 cm³/mol. The average Bonchev–Trinajstić information content (AvgIpc) is 2.20. The Morgan fingerprint density at radius 1 is 1.56 bits per heavy atom. The maximum atomic E-state index is 11.8. The van der Waals surface area contributed by atoms with Crippen molar-refractivity contribution in [3.8, 4) is 0 Å². The van der Waals surface area contributed by atoms with Crippen molar-refractivity contribution in [1.82, 2.24) is 5.32 Å². The smallest absolute Gasteiger partial charge is 0.409 e. The number of nitrogens with zero attached hydrogens (tertiary/aromatic N) is 1. The van der Waals surface area contributed by atoms with Crippen LogP contribution in [0.1, 0.15) is 19.8 Å². The molecule has 0 aromatic rings. The van der Waals surface area contributed by atoms with Crippen LogP contribution >= 0.6 is 11.8 Å². The summed E-state index contributed by atoms with van der Waals surface area (Å²) in [6.45, 7) is 2.11. The largest absolute Gasteiger partial charge is 0.441 e. The van der Waals surface area contributed by atoms with E-state index in [1.807, 2.05) is 6.92 Å². The van der Waals surface area contributed by atoms with Gasteiger partial charge in [-0.05, 0) is 18.2 Å². The maximum Gasteiger partial charge on any atom is 0.441 e. The number of halogens is 3. The van der Waals surface area contributed by atoms with Crippen LogP contribution in [0.4, 0.5) is 13.2 Å². The molecule has 1 unspecified atom stereocenters. The Kier molecular flexibility index (Phi) is 7.31. The summed E-state index contributed by atoms with van der Waals surface area (Å²) >= 11 is -0.0627. The lowest BCUT2D eigenvalue weighted by molar-refractivity contribution is -0.0327. The van der Waals surface area contributed by atoms with Gasteiger partial charge in [-0.3, -0.25) is 0 Å². The number of thioether (sulfide) groups is 1. The minimum Gasteiger partial charge on any atom is -0.409 e. The van der Waals surface area contributed by atoms with E-state index in [4.69, 9.17) is 10.9 Å². The second-order valence-corrected chi connectivity index (χ2v) is 4.31. The number of alkyl halides is 3. The van der Waals surface area contributed by atoms with Gasteiger partial charge in [0.2, 0.25) is 0 Å². The second-order valence-electron chi connectivity index (χ2n) is 3.15. The van der Waals surface area contributed by atoms with Crippen molar-refractivity contribution < 1.29 is 18.4 Å². The van der Waals surface area contributed by atoms with E-state index in [2.05, 4.69) is 10.5 Å². The third kappa shape index (κ3) is 8.66. The summed E-state index contributed by atoms with van der Waals surface area (Å²) in [5.74, 6) is 0.0266. The molecule has 0 bridgehead atoms. The van der Waals surface area contributed by atoms with Crippen LogP contribution in [0.5, 0.6) is 0 Å². The van der Waals surface area contributed by atoms with E-state index in [1.54, 1.807) is 0 Å². The molecule has 0 heterocycles. The maximum absolute atomic E-state index is 11.8. The summed E-state index contributed by atoms with van der Waals surface area (Å²) in [4.78, 5) is 0. The minimum absolute atomic E-state index is 0.0455. The molecule has 16 heavy (non-hydrogen) atoms. The molecule has 0 aliphatic heterocycles. The Hall–Kier alpha value is -0.630. The first-order valence-corrected chi connectivity index (χ1v) is 5.78. The Labute approximate surface area is 96.4 Å². The molecule has 4 N–H and O–H groups in total. The van der Waals surface area contributed by atoms with Crippen LogP contribution < -0.4 is 11.1 Å². The number of rotatable bonds is 7. The Morgan fingerprint density at radius 3 is 2.62 bits per heavy atom. The van der Waals surface area contributed by atoms with Crippen LogP contribution in [0.15, 0.2) is 5.16 Å². The van der Waals surface area contributed by atoms with Crippen LogP contribution in [0.3, 0.4) is 0 Å². The molecule has 4 nitrogen and oxygen atoms in total. The molecular formula is C8H16F3N3OS. The molecule has 0 fully saturated rings. The first-order chi connectivity index (χ1) is 7.39. The van der Waals surface area contributed by atoms with E-state index in [0.717, 1.165) is 0 Å². The fourth-order valence-electron chi connectivity index (χ4n) is 1.08. The Balaban J connectivity index is 3.72. The van der Waals surface area contributed by atoms with Gasteiger partial charge in [-0.25, -0.2) is 0 Å². The average molecular weight is 259 g/mol. The molecule has 0 saturated carbocycles. The zero-order valence-corrected chi connectivity index (χ0v) is 9.74. The van der Waals surface area contributed by atoms with Crippen molar-refractivity contribution in [3.05, 3.63) is 0 Å². The highest BCUT2D eigenvalue weighted by atomic mass is 32.2. The summed E-state index contributed by atoms with van der Waals surface area (Å²) in [5.41, 5.74) is 1.11. The molecule has 8 heteroatoms. The number of amidine groups is 1. The van der Waals surface area contributed by atoms with Crippen molar-refractivity contribution in [2.75, 3.05) is 12.3 Å². The molecular weight excluding hydrogens is 243 g/mol. The highest BCUT2D eigenvalue weighted by Gasteiger charge is 2.27. The fraction of sp³-hybridized carbons (Fsp3) is 0.875. The van der Waals surface area contributed by atoms with Gasteiger partial charge < -0.3 is 16.3 Å². The number of hydrogen-bond donors (Lipinski definition) is 3. The Bertz CT molecular complexity index is 223. The molecule has 0 aromatic heterocycles. The van der Waals surface area contributed by atoms with E-state index in [-0.39, 0.29) is 35.9 Å². The zero-order valence-electron chi connectivity index (χ0n) is 8.92. The topological polar surface area (TPSA) is 70.6 Å². The van der Waals surface area contributed by atoms with Crippen LogP contribution in [-0.4, -0.2) is 34.9 Å². The van der Waals surface area contributed by atoms with Crippen LogP contribution in [0, 0.1) is 0 Å². The van der Waals surface area contributed by atoms with Crippen LogP contribution in [0.25, 0.3) is 0 Å². The minimum atomic E-state index is -4.19. The molecule has 0 spiro atoms. The number of nitrogens with one attached hydrogen (secondary N) is 1. The first-order valence-electron chi connectivity index (χ1n) is 4.79. The Morgan fingerprint density at radius 2 is 2.19 bits per heavy atom. The SMILES string of the molecule is CCC(CC(N)=NO)NCCSC(F)(F)F. The third-order valence-electron chi connectivity index (χ3n) is 1.88. The van der Waals surface area contributed by atoms with Gasteiger partial charge in [-0.2, -0.15) is 13.2 Å². The molecule has 0 aromatic carbocycles. The quantitative estimate of drug-likeness (QED) is 0.214. The van der Waals surface area contributed by atoms with Crippen molar-refractivity contribution in [2.24, 2.45) is 10.9 Å².